The number of Topliss-reactive ketones (excluding diaryl/α,β-unsaturated/α-hetero) is 1. The van der Waals surface area contributed by atoms with E-state index in [1.165, 1.54) is 0 Å². The molecule has 0 bridgehead atoms. The summed E-state index contributed by atoms with van der Waals surface area (Å²) in [6.45, 7) is 0. The maximum atomic E-state index is 11.8. The molecule has 1 saturated carbocycles. The van der Waals surface area contributed by atoms with Crippen LogP contribution in [0.5, 0.6) is 11.5 Å². The first-order valence-corrected chi connectivity index (χ1v) is 5.88. The molecule has 1 aliphatic carbocycles. The standard InChI is InChI=1S/C14H14O3/c1-16-13-7-2-4-9-8-10-11(15)5-3-6-12(10)17-14(9)13/h2,4,7-8,12H,3,5-6H2,1H3. The SMILES string of the molecule is COc1cccc2c1OC1CCCC(=O)C1=C2. The van der Waals surface area contributed by atoms with Crippen molar-refractivity contribution in [2.24, 2.45) is 0 Å². The van der Waals surface area contributed by atoms with Gasteiger partial charge in [0.1, 0.15) is 6.10 Å². The molecule has 1 atom stereocenters. The molecule has 3 heteroatoms. The lowest BCUT2D eigenvalue weighted by Gasteiger charge is -2.30. The van der Waals surface area contributed by atoms with E-state index in [4.69, 9.17) is 9.47 Å². The van der Waals surface area contributed by atoms with Gasteiger partial charge in [0.2, 0.25) is 0 Å². The second-order valence-electron chi connectivity index (χ2n) is 4.40. The van der Waals surface area contributed by atoms with Crippen LogP contribution in [0, 0.1) is 0 Å². The number of fused-ring (bicyclic) bond motifs is 2. The molecule has 3 nitrogen and oxygen atoms in total. The van der Waals surface area contributed by atoms with Crippen LogP contribution < -0.4 is 9.47 Å². The van der Waals surface area contributed by atoms with E-state index in [9.17, 15) is 4.79 Å². The Balaban J connectivity index is 2.10. The first kappa shape index (κ1) is 10.4. The van der Waals surface area contributed by atoms with Crippen LogP contribution in [0.3, 0.4) is 0 Å². The average molecular weight is 230 g/mol. The van der Waals surface area contributed by atoms with E-state index < -0.39 is 0 Å². The molecule has 0 saturated heterocycles. The molecule has 1 heterocycles. The van der Waals surface area contributed by atoms with Gasteiger partial charge < -0.3 is 9.47 Å². The molecule has 2 aliphatic rings. The zero-order valence-corrected chi connectivity index (χ0v) is 9.73. The number of hydrogen-bond donors (Lipinski definition) is 0. The number of carbonyl (C=O) groups is 1. The first-order chi connectivity index (χ1) is 8.29. The van der Waals surface area contributed by atoms with Gasteiger partial charge in [-0.2, -0.15) is 0 Å². The number of carbonyl (C=O) groups excluding carboxylic acids is 1. The minimum atomic E-state index is -0.0833. The predicted molar refractivity (Wildman–Crippen MR) is 64.2 cm³/mol. The Morgan fingerprint density at radius 1 is 1.41 bits per heavy atom. The Morgan fingerprint density at radius 2 is 2.29 bits per heavy atom. The van der Waals surface area contributed by atoms with Crippen LogP contribution in [-0.2, 0) is 4.79 Å². The lowest BCUT2D eigenvalue weighted by Crippen LogP contribution is -2.31. The van der Waals surface area contributed by atoms with E-state index in [0.29, 0.717) is 6.42 Å². The van der Waals surface area contributed by atoms with Crippen LogP contribution in [0.25, 0.3) is 6.08 Å². The topological polar surface area (TPSA) is 35.5 Å². The molecule has 1 unspecified atom stereocenters. The minimum absolute atomic E-state index is 0.0833. The highest BCUT2D eigenvalue weighted by Gasteiger charge is 2.31. The summed E-state index contributed by atoms with van der Waals surface area (Å²) in [6, 6.07) is 5.73. The quantitative estimate of drug-likeness (QED) is 0.743. The van der Waals surface area contributed by atoms with Gasteiger partial charge in [-0.05, 0) is 25.0 Å². The van der Waals surface area contributed by atoms with E-state index in [-0.39, 0.29) is 11.9 Å². The highest BCUT2D eigenvalue weighted by molar-refractivity contribution is 6.02. The van der Waals surface area contributed by atoms with Gasteiger partial charge in [-0.25, -0.2) is 0 Å². The molecule has 1 aromatic rings. The highest BCUT2D eigenvalue weighted by Crippen LogP contribution is 2.40. The fourth-order valence-electron chi connectivity index (χ4n) is 2.47. The van der Waals surface area contributed by atoms with Gasteiger partial charge >= 0.3 is 0 Å². The average Bonchev–Trinajstić information content (AvgIpc) is 2.36. The molecule has 0 N–H and O–H groups in total. The van der Waals surface area contributed by atoms with Crippen LogP contribution in [0.2, 0.25) is 0 Å². The highest BCUT2D eigenvalue weighted by atomic mass is 16.5. The van der Waals surface area contributed by atoms with Crippen molar-refractivity contribution in [3.05, 3.63) is 29.3 Å². The van der Waals surface area contributed by atoms with Crippen LogP contribution in [0.15, 0.2) is 23.8 Å². The number of para-hydroxylation sites is 1. The number of rotatable bonds is 1. The third-order valence-electron chi connectivity index (χ3n) is 3.34. The van der Waals surface area contributed by atoms with Crippen molar-refractivity contribution in [3.8, 4) is 11.5 Å². The van der Waals surface area contributed by atoms with Crippen LogP contribution in [-0.4, -0.2) is 19.0 Å². The molecule has 88 valence electrons. The summed E-state index contributed by atoms with van der Waals surface area (Å²) in [4.78, 5) is 11.8. The number of ketones is 1. The maximum absolute atomic E-state index is 11.8. The second-order valence-corrected chi connectivity index (χ2v) is 4.40. The Bertz CT molecular complexity index is 502. The van der Waals surface area contributed by atoms with Gasteiger partial charge in [0.25, 0.3) is 0 Å². The normalized spacial score (nSPS) is 22.1. The smallest absolute Gasteiger partial charge is 0.169 e. The Morgan fingerprint density at radius 3 is 3.12 bits per heavy atom. The van der Waals surface area contributed by atoms with Crippen LogP contribution in [0.1, 0.15) is 24.8 Å². The Hall–Kier alpha value is -1.77. The van der Waals surface area contributed by atoms with Crippen molar-refractivity contribution in [2.45, 2.75) is 25.4 Å². The molecule has 1 aliphatic heterocycles. The van der Waals surface area contributed by atoms with Gasteiger partial charge in [0.05, 0.1) is 7.11 Å². The lowest BCUT2D eigenvalue weighted by molar-refractivity contribution is -0.117. The monoisotopic (exact) mass is 230 g/mol. The van der Waals surface area contributed by atoms with Crippen molar-refractivity contribution >= 4 is 11.9 Å². The van der Waals surface area contributed by atoms with Crippen molar-refractivity contribution in [2.75, 3.05) is 7.11 Å². The number of methoxy groups -OCH3 is 1. The van der Waals surface area contributed by atoms with E-state index in [0.717, 1.165) is 35.5 Å². The zero-order chi connectivity index (χ0) is 11.8. The van der Waals surface area contributed by atoms with Crippen molar-refractivity contribution in [1.29, 1.82) is 0 Å². The lowest BCUT2D eigenvalue weighted by atomic mass is 9.87. The van der Waals surface area contributed by atoms with Gasteiger partial charge in [0, 0.05) is 17.6 Å². The largest absolute Gasteiger partial charge is 0.493 e. The van der Waals surface area contributed by atoms with Gasteiger partial charge in [-0.15, -0.1) is 0 Å². The van der Waals surface area contributed by atoms with Crippen LogP contribution in [0.4, 0.5) is 0 Å². The predicted octanol–water partition coefficient (Wildman–Crippen LogP) is 2.59. The molecule has 3 rings (SSSR count). The van der Waals surface area contributed by atoms with Crippen molar-refractivity contribution in [1.82, 2.24) is 0 Å². The molecule has 1 aromatic carbocycles. The van der Waals surface area contributed by atoms with Crippen molar-refractivity contribution in [3.63, 3.8) is 0 Å². The third kappa shape index (κ3) is 1.62. The molecule has 0 spiro atoms. The van der Waals surface area contributed by atoms with Gasteiger partial charge in [0.15, 0.2) is 17.3 Å². The van der Waals surface area contributed by atoms with Crippen LogP contribution >= 0.6 is 0 Å². The van der Waals surface area contributed by atoms with E-state index in [1.807, 2.05) is 24.3 Å². The summed E-state index contributed by atoms with van der Waals surface area (Å²) in [5, 5.41) is 0. The fraction of sp³-hybridized carbons (Fsp3) is 0.357. The molecule has 17 heavy (non-hydrogen) atoms. The molecular weight excluding hydrogens is 216 g/mol. The molecular formula is C14H14O3. The molecule has 0 amide bonds. The summed E-state index contributed by atoms with van der Waals surface area (Å²) >= 11 is 0. The van der Waals surface area contributed by atoms with Gasteiger partial charge in [-0.3, -0.25) is 4.79 Å². The number of hydrogen-bond acceptors (Lipinski definition) is 3. The maximum Gasteiger partial charge on any atom is 0.169 e. The van der Waals surface area contributed by atoms with E-state index >= 15 is 0 Å². The van der Waals surface area contributed by atoms with E-state index in [1.54, 1.807) is 7.11 Å². The molecule has 0 aromatic heterocycles. The second kappa shape index (κ2) is 3.91. The first-order valence-electron chi connectivity index (χ1n) is 5.88. The summed E-state index contributed by atoms with van der Waals surface area (Å²) in [6.07, 6.45) is 4.33. The summed E-state index contributed by atoms with van der Waals surface area (Å²) in [5.74, 6) is 1.71. The fourth-order valence-corrected chi connectivity index (χ4v) is 2.47. The number of ether oxygens (including phenoxy) is 2. The Labute approximate surface area is 100 Å². The summed E-state index contributed by atoms with van der Waals surface area (Å²) < 4.78 is 11.2. The Kier molecular flexibility index (Phi) is 2.39. The summed E-state index contributed by atoms with van der Waals surface area (Å²) in [7, 11) is 1.63. The van der Waals surface area contributed by atoms with Gasteiger partial charge in [-0.1, -0.05) is 12.1 Å². The van der Waals surface area contributed by atoms with Crippen molar-refractivity contribution < 1.29 is 14.3 Å². The molecule has 1 fully saturated rings. The molecule has 0 radical (unpaired) electrons. The summed E-state index contributed by atoms with van der Waals surface area (Å²) in [5.41, 5.74) is 1.75. The number of benzene rings is 1. The third-order valence-corrected chi connectivity index (χ3v) is 3.34. The minimum Gasteiger partial charge on any atom is -0.493 e. The zero-order valence-electron chi connectivity index (χ0n) is 9.73. The van der Waals surface area contributed by atoms with E-state index in [2.05, 4.69) is 0 Å².